The number of rotatable bonds is 4. The van der Waals surface area contributed by atoms with Crippen LogP contribution in [0, 0.1) is 6.92 Å². The third-order valence-corrected chi connectivity index (χ3v) is 4.28. The third kappa shape index (κ3) is 2.72. The predicted molar refractivity (Wildman–Crippen MR) is 81.9 cm³/mol. The molecule has 4 heteroatoms. The van der Waals surface area contributed by atoms with E-state index in [4.69, 9.17) is 4.98 Å². The first-order chi connectivity index (χ1) is 9.78. The summed E-state index contributed by atoms with van der Waals surface area (Å²) in [4.78, 5) is 7.38. The molecule has 0 saturated carbocycles. The molecule has 1 N–H and O–H groups in total. The summed E-state index contributed by atoms with van der Waals surface area (Å²) >= 11 is 0. The highest BCUT2D eigenvalue weighted by atomic mass is 15.2. The fraction of sp³-hybridized carbons (Fsp3) is 0.562. The Kier molecular flexibility index (Phi) is 4.03. The minimum Gasteiger partial charge on any atom is -0.318 e. The van der Waals surface area contributed by atoms with Gasteiger partial charge in [0.25, 0.3) is 0 Å². The topological polar surface area (TPSA) is 32.6 Å². The standard InChI is InChI=1S/C16H24N4/c1-13-6-5-9-20-12-14(18-16(13)20)11-19-8-4-3-7-15(19)10-17-2/h5-6,9,12,15,17H,3-4,7-8,10-11H2,1-2H3. The van der Waals surface area contributed by atoms with E-state index in [1.165, 1.54) is 37.1 Å². The molecule has 4 nitrogen and oxygen atoms in total. The Bertz CT molecular complexity index is 573. The van der Waals surface area contributed by atoms with Crippen LogP contribution in [0.1, 0.15) is 30.5 Å². The van der Waals surface area contributed by atoms with E-state index in [2.05, 4.69) is 46.1 Å². The minimum absolute atomic E-state index is 0.652. The number of nitrogens with one attached hydrogen (secondary N) is 1. The molecule has 108 valence electrons. The van der Waals surface area contributed by atoms with E-state index in [0.717, 1.165) is 18.7 Å². The number of fused-ring (bicyclic) bond motifs is 1. The monoisotopic (exact) mass is 272 g/mol. The third-order valence-electron chi connectivity index (χ3n) is 4.28. The van der Waals surface area contributed by atoms with Gasteiger partial charge in [0.05, 0.1) is 5.69 Å². The van der Waals surface area contributed by atoms with Crippen LogP contribution in [0.25, 0.3) is 5.65 Å². The molecule has 2 aromatic rings. The SMILES string of the molecule is CNCC1CCCCN1Cc1cn2cccc(C)c2n1. The molecule has 0 aromatic carbocycles. The van der Waals surface area contributed by atoms with Gasteiger partial charge in [0.2, 0.25) is 0 Å². The number of hydrogen-bond donors (Lipinski definition) is 1. The maximum absolute atomic E-state index is 4.80. The van der Waals surface area contributed by atoms with Crippen molar-refractivity contribution in [3.63, 3.8) is 0 Å². The van der Waals surface area contributed by atoms with Crippen molar-refractivity contribution < 1.29 is 0 Å². The summed E-state index contributed by atoms with van der Waals surface area (Å²) in [6.07, 6.45) is 8.22. The number of pyridine rings is 1. The molecular formula is C16H24N4. The lowest BCUT2D eigenvalue weighted by Crippen LogP contribution is -2.44. The quantitative estimate of drug-likeness (QED) is 0.926. The molecule has 0 spiro atoms. The summed E-state index contributed by atoms with van der Waals surface area (Å²) in [6.45, 7) is 5.36. The smallest absolute Gasteiger partial charge is 0.139 e. The first kappa shape index (κ1) is 13.6. The van der Waals surface area contributed by atoms with Crippen molar-refractivity contribution in [1.29, 1.82) is 0 Å². The minimum atomic E-state index is 0.652. The van der Waals surface area contributed by atoms with Crippen molar-refractivity contribution in [1.82, 2.24) is 19.6 Å². The second kappa shape index (κ2) is 5.94. The number of aryl methyl sites for hydroxylation is 1. The van der Waals surface area contributed by atoms with E-state index in [0.29, 0.717) is 6.04 Å². The van der Waals surface area contributed by atoms with E-state index >= 15 is 0 Å². The number of nitrogens with zero attached hydrogens (tertiary/aromatic N) is 3. The molecule has 2 aromatic heterocycles. The molecule has 1 fully saturated rings. The Hall–Kier alpha value is -1.39. The van der Waals surface area contributed by atoms with Crippen LogP contribution in [-0.2, 0) is 6.54 Å². The predicted octanol–water partition coefficient (Wildman–Crippen LogP) is 2.22. The van der Waals surface area contributed by atoms with Gasteiger partial charge in [-0.05, 0) is 45.0 Å². The molecule has 3 heterocycles. The second-order valence-electron chi connectivity index (χ2n) is 5.83. The fourth-order valence-corrected chi connectivity index (χ4v) is 3.22. The van der Waals surface area contributed by atoms with Crippen LogP contribution in [0.2, 0.25) is 0 Å². The largest absolute Gasteiger partial charge is 0.318 e. The van der Waals surface area contributed by atoms with Crippen molar-refractivity contribution in [3.8, 4) is 0 Å². The second-order valence-corrected chi connectivity index (χ2v) is 5.83. The summed E-state index contributed by atoms with van der Waals surface area (Å²) in [6, 6.07) is 4.86. The average molecular weight is 272 g/mol. The van der Waals surface area contributed by atoms with Gasteiger partial charge in [-0.2, -0.15) is 0 Å². The van der Waals surface area contributed by atoms with E-state index in [9.17, 15) is 0 Å². The maximum atomic E-state index is 4.80. The van der Waals surface area contributed by atoms with Crippen molar-refractivity contribution in [3.05, 3.63) is 35.8 Å². The summed E-state index contributed by atoms with van der Waals surface area (Å²) in [5, 5.41) is 3.32. The summed E-state index contributed by atoms with van der Waals surface area (Å²) < 4.78 is 2.14. The molecule has 1 aliphatic heterocycles. The highest BCUT2D eigenvalue weighted by Gasteiger charge is 2.22. The Morgan fingerprint density at radius 2 is 2.30 bits per heavy atom. The summed E-state index contributed by atoms with van der Waals surface area (Å²) in [7, 11) is 2.04. The summed E-state index contributed by atoms with van der Waals surface area (Å²) in [5.74, 6) is 0. The lowest BCUT2D eigenvalue weighted by Gasteiger charge is -2.35. The van der Waals surface area contributed by atoms with Crippen LogP contribution < -0.4 is 5.32 Å². The van der Waals surface area contributed by atoms with Crippen LogP contribution in [0.5, 0.6) is 0 Å². The zero-order chi connectivity index (χ0) is 13.9. The molecule has 20 heavy (non-hydrogen) atoms. The van der Waals surface area contributed by atoms with Gasteiger partial charge in [-0.25, -0.2) is 4.98 Å². The lowest BCUT2D eigenvalue weighted by atomic mass is 10.0. The van der Waals surface area contributed by atoms with Gasteiger partial charge in [-0.3, -0.25) is 4.90 Å². The number of hydrogen-bond acceptors (Lipinski definition) is 3. The van der Waals surface area contributed by atoms with Crippen LogP contribution in [0.3, 0.4) is 0 Å². The molecule has 3 rings (SSSR count). The number of likely N-dealkylation sites (tertiary alicyclic amines) is 1. The van der Waals surface area contributed by atoms with Crippen LogP contribution in [0.4, 0.5) is 0 Å². The zero-order valence-electron chi connectivity index (χ0n) is 12.5. The first-order valence-corrected chi connectivity index (χ1v) is 7.60. The average Bonchev–Trinajstić information content (AvgIpc) is 2.85. The Balaban J connectivity index is 1.79. The van der Waals surface area contributed by atoms with E-state index in [-0.39, 0.29) is 0 Å². The van der Waals surface area contributed by atoms with Crippen molar-refractivity contribution in [2.24, 2.45) is 0 Å². The first-order valence-electron chi connectivity index (χ1n) is 7.60. The van der Waals surface area contributed by atoms with Gasteiger partial charge >= 0.3 is 0 Å². The molecule has 1 atom stereocenters. The number of aromatic nitrogens is 2. The molecule has 1 unspecified atom stereocenters. The highest BCUT2D eigenvalue weighted by Crippen LogP contribution is 2.19. The number of piperidine rings is 1. The van der Waals surface area contributed by atoms with E-state index in [1.807, 2.05) is 7.05 Å². The van der Waals surface area contributed by atoms with Gasteiger partial charge in [0.15, 0.2) is 0 Å². The van der Waals surface area contributed by atoms with Gasteiger partial charge in [-0.15, -0.1) is 0 Å². The Morgan fingerprint density at radius 3 is 3.10 bits per heavy atom. The molecule has 0 amide bonds. The van der Waals surface area contributed by atoms with Crippen molar-refractivity contribution in [2.45, 2.75) is 38.8 Å². The summed E-state index contributed by atoms with van der Waals surface area (Å²) in [5.41, 5.74) is 3.51. The fourth-order valence-electron chi connectivity index (χ4n) is 3.22. The Morgan fingerprint density at radius 1 is 1.40 bits per heavy atom. The molecule has 0 aliphatic carbocycles. The normalized spacial score (nSPS) is 20.6. The lowest BCUT2D eigenvalue weighted by molar-refractivity contribution is 0.138. The van der Waals surface area contributed by atoms with Crippen LogP contribution >= 0.6 is 0 Å². The van der Waals surface area contributed by atoms with E-state index < -0.39 is 0 Å². The zero-order valence-corrected chi connectivity index (χ0v) is 12.5. The van der Waals surface area contributed by atoms with Crippen LogP contribution in [-0.4, -0.2) is 40.5 Å². The Labute approximate surface area is 120 Å². The van der Waals surface area contributed by atoms with Gasteiger partial charge in [0, 0.05) is 31.5 Å². The molecular weight excluding hydrogens is 248 g/mol. The number of imidazole rings is 1. The van der Waals surface area contributed by atoms with Gasteiger partial charge in [0.1, 0.15) is 5.65 Å². The highest BCUT2D eigenvalue weighted by molar-refractivity contribution is 5.47. The maximum Gasteiger partial charge on any atom is 0.139 e. The van der Waals surface area contributed by atoms with Gasteiger partial charge in [-0.1, -0.05) is 12.5 Å². The number of likely N-dealkylation sites (N-methyl/N-ethyl adjacent to an activating group) is 1. The van der Waals surface area contributed by atoms with Gasteiger partial charge < -0.3 is 9.72 Å². The van der Waals surface area contributed by atoms with Crippen LogP contribution in [0.15, 0.2) is 24.5 Å². The molecule has 0 radical (unpaired) electrons. The molecule has 1 saturated heterocycles. The van der Waals surface area contributed by atoms with Crippen molar-refractivity contribution in [2.75, 3.05) is 20.1 Å². The molecule has 1 aliphatic rings. The van der Waals surface area contributed by atoms with E-state index in [1.54, 1.807) is 0 Å². The molecule has 0 bridgehead atoms. The van der Waals surface area contributed by atoms with Crippen molar-refractivity contribution >= 4 is 5.65 Å².